The molecule has 15 heavy (non-hydrogen) atoms. The van der Waals surface area contributed by atoms with Gasteiger partial charge < -0.3 is 10.0 Å². The second-order valence-corrected chi connectivity index (χ2v) is 6.18. The molecule has 3 nitrogen and oxygen atoms in total. The number of hydrogen-bond acceptors (Lipinski definition) is 3. The minimum Gasteiger partial charge on any atom is -0.465 e. The van der Waals surface area contributed by atoms with Crippen LogP contribution in [0.15, 0.2) is 9.81 Å². The van der Waals surface area contributed by atoms with E-state index in [0.29, 0.717) is 13.1 Å². The van der Waals surface area contributed by atoms with Crippen molar-refractivity contribution in [3.05, 3.63) is 9.81 Å². The molecule has 0 unspecified atom stereocenters. The fraction of sp³-hybridized carbons (Fsp3) is 0.700. The monoisotopic (exact) mass is 245 g/mol. The molecule has 2 aliphatic rings. The van der Waals surface area contributed by atoms with Crippen molar-refractivity contribution in [2.24, 2.45) is 0 Å². The third-order valence-electron chi connectivity index (χ3n) is 2.68. The molecule has 0 bridgehead atoms. The summed E-state index contributed by atoms with van der Waals surface area (Å²) in [6.07, 6.45) is 2.39. The van der Waals surface area contributed by atoms with Crippen molar-refractivity contribution in [1.82, 2.24) is 4.90 Å². The zero-order valence-corrected chi connectivity index (χ0v) is 10.2. The van der Waals surface area contributed by atoms with Gasteiger partial charge in [0.25, 0.3) is 0 Å². The Kier molecular flexibility index (Phi) is 3.86. The van der Waals surface area contributed by atoms with Crippen molar-refractivity contribution in [3.8, 4) is 0 Å². The van der Waals surface area contributed by atoms with E-state index in [0.717, 1.165) is 12.8 Å². The molecule has 2 rings (SSSR count). The first-order valence-corrected chi connectivity index (χ1v) is 7.20. The number of hydrogen-bond donors (Lipinski definition) is 1. The minimum absolute atomic E-state index is 0.676. The molecular formula is C10H15NO2S2. The Balaban J connectivity index is 1.94. The molecular weight excluding hydrogens is 230 g/mol. The first-order chi connectivity index (χ1) is 7.27. The molecule has 2 heterocycles. The SMILES string of the molecule is O=C(O)N1CCC(=C2SCCCS2)CC1. The summed E-state index contributed by atoms with van der Waals surface area (Å²) in [7, 11) is 0. The lowest BCUT2D eigenvalue weighted by atomic mass is 10.1. The van der Waals surface area contributed by atoms with E-state index in [1.165, 1.54) is 32.6 Å². The number of amides is 1. The number of carboxylic acid groups (broad SMARTS) is 1. The molecule has 1 amide bonds. The molecule has 84 valence electrons. The van der Waals surface area contributed by atoms with E-state index in [-0.39, 0.29) is 0 Å². The number of thioether (sulfide) groups is 2. The van der Waals surface area contributed by atoms with Gasteiger partial charge in [-0.05, 0) is 36.3 Å². The summed E-state index contributed by atoms with van der Waals surface area (Å²) in [5, 5.41) is 8.83. The van der Waals surface area contributed by atoms with E-state index in [1.54, 1.807) is 0 Å². The predicted octanol–water partition coefficient (Wildman–Crippen LogP) is 2.84. The average Bonchev–Trinajstić information content (AvgIpc) is 2.30. The van der Waals surface area contributed by atoms with E-state index >= 15 is 0 Å². The van der Waals surface area contributed by atoms with E-state index in [9.17, 15) is 4.79 Å². The number of carbonyl (C=O) groups is 1. The Labute approximate surface area is 98.3 Å². The lowest BCUT2D eigenvalue weighted by Crippen LogP contribution is -2.35. The van der Waals surface area contributed by atoms with Crippen molar-refractivity contribution < 1.29 is 9.90 Å². The van der Waals surface area contributed by atoms with Crippen LogP contribution in [0.3, 0.4) is 0 Å². The molecule has 2 aliphatic heterocycles. The summed E-state index contributed by atoms with van der Waals surface area (Å²) in [5.41, 5.74) is 1.49. The van der Waals surface area contributed by atoms with Crippen molar-refractivity contribution in [2.75, 3.05) is 24.6 Å². The Morgan fingerprint density at radius 2 is 1.80 bits per heavy atom. The number of nitrogens with zero attached hydrogens (tertiary/aromatic N) is 1. The molecule has 0 saturated carbocycles. The summed E-state index contributed by atoms with van der Waals surface area (Å²) < 4.78 is 1.48. The van der Waals surface area contributed by atoms with Gasteiger partial charge in [-0.15, -0.1) is 23.5 Å². The summed E-state index contributed by atoms with van der Waals surface area (Å²) in [6.45, 7) is 1.35. The highest BCUT2D eigenvalue weighted by atomic mass is 32.2. The number of rotatable bonds is 0. The Bertz CT molecular complexity index is 273. The molecule has 0 aliphatic carbocycles. The molecule has 2 fully saturated rings. The maximum Gasteiger partial charge on any atom is 0.407 e. The number of piperidine rings is 1. The highest BCUT2D eigenvalue weighted by Gasteiger charge is 2.21. The lowest BCUT2D eigenvalue weighted by molar-refractivity contribution is 0.141. The Morgan fingerprint density at radius 3 is 2.33 bits per heavy atom. The van der Waals surface area contributed by atoms with Crippen LogP contribution in [0.25, 0.3) is 0 Å². The quantitative estimate of drug-likeness (QED) is 0.712. The van der Waals surface area contributed by atoms with Gasteiger partial charge in [0.15, 0.2) is 0 Å². The average molecular weight is 245 g/mol. The molecule has 5 heteroatoms. The van der Waals surface area contributed by atoms with Crippen LogP contribution in [-0.2, 0) is 0 Å². The van der Waals surface area contributed by atoms with E-state index in [2.05, 4.69) is 0 Å². The maximum absolute atomic E-state index is 10.7. The van der Waals surface area contributed by atoms with Crippen molar-refractivity contribution >= 4 is 29.6 Å². The molecule has 0 spiro atoms. The van der Waals surface area contributed by atoms with Crippen LogP contribution in [0.4, 0.5) is 4.79 Å². The molecule has 1 N–H and O–H groups in total. The van der Waals surface area contributed by atoms with E-state index in [1.807, 2.05) is 23.5 Å². The van der Waals surface area contributed by atoms with Crippen molar-refractivity contribution in [3.63, 3.8) is 0 Å². The number of likely N-dealkylation sites (tertiary alicyclic amines) is 1. The normalized spacial score (nSPS) is 23.1. The largest absolute Gasteiger partial charge is 0.465 e. The predicted molar refractivity (Wildman–Crippen MR) is 65.4 cm³/mol. The molecule has 0 aromatic carbocycles. The standard InChI is InChI=1S/C10H15NO2S2/c12-10(13)11-4-2-8(3-5-11)9-14-6-1-7-15-9/h1-7H2,(H,12,13). The fourth-order valence-electron chi connectivity index (χ4n) is 1.81. The van der Waals surface area contributed by atoms with Crippen LogP contribution in [0, 0.1) is 0 Å². The van der Waals surface area contributed by atoms with Crippen LogP contribution < -0.4 is 0 Å². The van der Waals surface area contributed by atoms with Gasteiger partial charge in [0, 0.05) is 17.3 Å². The van der Waals surface area contributed by atoms with Crippen molar-refractivity contribution in [2.45, 2.75) is 19.3 Å². The zero-order chi connectivity index (χ0) is 10.7. The molecule has 0 aromatic rings. The second-order valence-electron chi connectivity index (χ2n) is 3.71. The van der Waals surface area contributed by atoms with Crippen LogP contribution in [-0.4, -0.2) is 40.7 Å². The first kappa shape index (κ1) is 11.2. The van der Waals surface area contributed by atoms with Crippen LogP contribution in [0.1, 0.15) is 19.3 Å². The van der Waals surface area contributed by atoms with Crippen LogP contribution in [0.2, 0.25) is 0 Å². The topological polar surface area (TPSA) is 40.5 Å². The van der Waals surface area contributed by atoms with Crippen molar-refractivity contribution in [1.29, 1.82) is 0 Å². The summed E-state index contributed by atoms with van der Waals surface area (Å²) in [4.78, 5) is 12.3. The van der Waals surface area contributed by atoms with Gasteiger partial charge in [0.1, 0.15) is 0 Å². The smallest absolute Gasteiger partial charge is 0.407 e. The van der Waals surface area contributed by atoms with Gasteiger partial charge in [0.05, 0.1) is 0 Å². The molecule has 0 atom stereocenters. The highest BCUT2D eigenvalue weighted by Crippen LogP contribution is 2.39. The summed E-state index contributed by atoms with van der Waals surface area (Å²) >= 11 is 3.91. The van der Waals surface area contributed by atoms with E-state index in [4.69, 9.17) is 5.11 Å². The maximum atomic E-state index is 10.7. The molecule has 0 aromatic heterocycles. The Hall–Kier alpha value is -0.290. The summed E-state index contributed by atoms with van der Waals surface area (Å²) in [5.74, 6) is 2.46. The van der Waals surface area contributed by atoms with Gasteiger partial charge in [-0.2, -0.15) is 0 Å². The van der Waals surface area contributed by atoms with E-state index < -0.39 is 6.09 Å². The third kappa shape index (κ3) is 2.84. The zero-order valence-electron chi connectivity index (χ0n) is 8.57. The Morgan fingerprint density at radius 1 is 1.20 bits per heavy atom. The summed E-state index contributed by atoms with van der Waals surface area (Å²) in [6, 6.07) is 0. The molecule has 0 radical (unpaired) electrons. The first-order valence-electron chi connectivity index (χ1n) is 5.23. The van der Waals surface area contributed by atoms with Gasteiger partial charge in [-0.3, -0.25) is 0 Å². The van der Waals surface area contributed by atoms with Gasteiger partial charge >= 0.3 is 6.09 Å². The lowest BCUT2D eigenvalue weighted by Gasteiger charge is -2.28. The van der Waals surface area contributed by atoms with Crippen LogP contribution in [0.5, 0.6) is 0 Å². The minimum atomic E-state index is -0.775. The van der Waals surface area contributed by atoms with Gasteiger partial charge in [-0.1, -0.05) is 0 Å². The highest BCUT2D eigenvalue weighted by molar-refractivity contribution is 8.22. The fourth-order valence-corrected chi connectivity index (χ4v) is 4.59. The van der Waals surface area contributed by atoms with Crippen LogP contribution >= 0.6 is 23.5 Å². The molecule has 2 saturated heterocycles. The van der Waals surface area contributed by atoms with Gasteiger partial charge in [0.2, 0.25) is 0 Å². The van der Waals surface area contributed by atoms with Gasteiger partial charge in [-0.25, -0.2) is 4.79 Å². The third-order valence-corrected chi connectivity index (χ3v) is 5.48. The second kappa shape index (κ2) is 5.16.